The van der Waals surface area contributed by atoms with Crippen molar-refractivity contribution < 1.29 is 33.3 Å². The standard InChI is InChI=1S/C31H23BrN2O7/c1-2-38-27-14-18(13-24(32)28(27)39-16-20-8-5-7-19-6-3-4-9-22(19)20)12-23-29(35)33-31(37)34(30(23)36)21-10-11-25-26(15-21)41-17-40-25/h3-15H,2,16-17H2,1H3,(H,33,35,37)/b23-12+. The molecule has 4 amide bonds. The molecule has 0 spiro atoms. The summed E-state index contributed by atoms with van der Waals surface area (Å²) in [6, 6.07) is 21.3. The largest absolute Gasteiger partial charge is 0.490 e. The third kappa shape index (κ3) is 5.09. The molecule has 0 saturated carbocycles. The van der Waals surface area contributed by atoms with E-state index in [2.05, 4.69) is 21.2 Å². The first-order chi connectivity index (χ1) is 19.9. The summed E-state index contributed by atoms with van der Waals surface area (Å²) in [6.45, 7) is 2.55. The van der Waals surface area contributed by atoms with E-state index >= 15 is 0 Å². The number of carbonyl (C=O) groups is 3. The maximum absolute atomic E-state index is 13.4. The highest BCUT2D eigenvalue weighted by Gasteiger charge is 2.37. The predicted molar refractivity (Wildman–Crippen MR) is 155 cm³/mol. The van der Waals surface area contributed by atoms with Crippen LogP contribution >= 0.6 is 15.9 Å². The Kier molecular flexibility index (Phi) is 7.07. The van der Waals surface area contributed by atoms with E-state index in [1.54, 1.807) is 24.3 Å². The first kappa shape index (κ1) is 26.4. The van der Waals surface area contributed by atoms with Crippen molar-refractivity contribution in [2.75, 3.05) is 18.3 Å². The van der Waals surface area contributed by atoms with Crippen LogP contribution in [0.4, 0.5) is 10.5 Å². The van der Waals surface area contributed by atoms with Gasteiger partial charge in [0.2, 0.25) is 6.79 Å². The normalized spacial score (nSPS) is 15.4. The van der Waals surface area contributed by atoms with E-state index in [4.69, 9.17) is 18.9 Å². The van der Waals surface area contributed by atoms with E-state index in [0.717, 1.165) is 21.2 Å². The first-order valence-corrected chi connectivity index (χ1v) is 13.6. The van der Waals surface area contributed by atoms with E-state index in [1.165, 1.54) is 12.1 Å². The number of ether oxygens (including phenoxy) is 4. The maximum atomic E-state index is 13.4. The highest BCUT2D eigenvalue weighted by Crippen LogP contribution is 2.39. The van der Waals surface area contributed by atoms with Crippen LogP contribution in [0.2, 0.25) is 0 Å². The lowest BCUT2D eigenvalue weighted by molar-refractivity contribution is -0.122. The zero-order valence-corrected chi connectivity index (χ0v) is 23.4. The minimum absolute atomic E-state index is 0.0429. The van der Waals surface area contributed by atoms with Gasteiger partial charge in [0.25, 0.3) is 11.8 Å². The minimum atomic E-state index is -0.857. The third-order valence-electron chi connectivity index (χ3n) is 6.61. The Labute approximate surface area is 243 Å². The van der Waals surface area contributed by atoms with Gasteiger partial charge in [0, 0.05) is 6.07 Å². The van der Waals surface area contributed by atoms with Crippen LogP contribution in [0, 0.1) is 0 Å². The van der Waals surface area contributed by atoms with Crippen molar-refractivity contribution in [1.29, 1.82) is 0 Å². The van der Waals surface area contributed by atoms with Crippen molar-refractivity contribution in [3.8, 4) is 23.0 Å². The molecule has 0 radical (unpaired) electrons. The zero-order chi connectivity index (χ0) is 28.5. The fourth-order valence-corrected chi connectivity index (χ4v) is 5.30. The molecule has 41 heavy (non-hydrogen) atoms. The van der Waals surface area contributed by atoms with E-state index in [1.807, 2.05) is 49.4 Å². The molecular weight excluding hydrogens is 592 g/mol. The number of benzene rings is 4. The van der Waals surface area contributed by atoms with Crippen LogP contribution in [0.25, 0.3) is 16.8 Å². The maximum Gasteiger partial charge on any atom is 0.335 e. The summed E-state index contributed by atoms with van der Waals surface area (Å²) in [5.41, 5.74) is 1.53. The van der Waals surface area contributed by atoms with Gasteiger partial charge >= 0.3 is 6.03 Å². The molecule has 10 heteroatoms. The second kappa shape index (κ2) is 11.0. The number of amides is 4. The summed E-state index contributed by atoms with van der Waals surface area (Å²) in [5, 5.41) is 4.44. The number of nitrogens with zero attached hydrogens (tertiary/aromatic N) is 1. The van der Waals surface area contributed by atoms with Crippen LogP contribution in [0.15, 0.2) is 82.8 Å². The molecule has 2 aliphatic rings. The van der Waals surface area contributed by atoms with Crippen molar-refractivity contribution in [3.05, 3.63) is 94.0 Å². The Morgan fingerprint density at radius 1 is 0.951 bits per heavy atom. The molecule has 6 rings (SSSR count). The smallest absolute Gasteiger partial charge is 0.335 e. The molecule has 1 saturated heterocycles. The highest BCUT2D eigenvalue weighted by atomic mass is 79.9. The number of barbiturate groups is 1. The van der Waals surface area contributed by atoms with Gasteiger partial charge in [-0.3, -0.25) is 14.9 Å². The number of anilines is 1. The average molecular weight is 615 g/mol. The van der Waals surface area contributed by atoms with Crippen LogP contribution in [-0.4, -0.2) is 31.2 Å². The van der Waals surface area contributed by atoms with Gasteiger partial charge in [-0.25, -0.2) is 9.69 Å². The molecule has 9 nitrogen and oxygen atoms in total. The summed E-state index contributed by atoms with van der Waals surface area (Å²) >= 11 is 3.56. The van der Waals surface area contributed by atoms with Gasteiger partial charge in [-0.05, 0) is 75.1 Å². The Hall–Kier alpha value is -4.83. The number of urea groups is 1. The number of hydrogen-bond donors (Lipinski definition) is 1. The van der Waals surface area contributed by atoms with Crippen LogP contribution in [0.1, 0.15) is 18.1 Å². The number of halogens is 1. The number of imide groups is 2. The topological polar surface area (TPSA) is 103 Å². The number of carbonyl (C=O) groups excluding carboxylic acids is 3. The van der Waals surface area contributed by atoms with Crippen LogP contribution in [0.5, 0.6) is 23.0 Å². The van der Waals surface area contributed by atoms with Gasteiger partial charge in [-0.2, -0.15) is 0 Å². The second-order valence-corrected chi connectivity index (χ2v) is 10.0. The molecule has 0 atom stereocenters. The quantitative estimate of drug-likeness (QED) is 0.202. The van der Waals surface area contributed by atoms with Crippen molar-refractivity contribution in [3.63, 3.8) is 0 Å². The van der Waals surface area contributed by atoms with Gasteiger partial charge in [0.1, 0.15) is 12.2 Å². The van der Waals surface area contributed by atoms with Gasteiger partial charge in [-0.15, -0.1) is 0 Å². The molecule has 0 aliphatic carbocycles. The molecule has 206 valence electrons. The average Bonchev–Trinajstić information content (AvgIpc) is 3.43. The van der Waals surface area contributed by atoms with Gasteiger partial charge < -0.3 is 18.9 Å². The number of nitrogens with one attached hydrogen (secondary N) is 1. The van der Waals surface area contributed by atoms with E-state index in [9.17, 15) is 14.4 Å². The molecule has 0 aromatic heterocycles. The summed E-state index contributed by atoms with van der Waals surface area (Å²) in [5.74, 6) is 0.238. The molecule has 1 N–H and O–H groups in total. The van der Waals surface area contributed by atoms with E-state index < -0.39 is 17.8 Å². The molecule has 2 aliphatic heterocycles. The van der Waals surface area contributed by atoms with Gasteiger partial charge in [0.05, 0.1) is 16.8 Å². The van der Waals surface area contributed by atoms with Crippen molar-refractivity contribution in [2.24, 2.45) is 0 Å². The van der Waals surface area contributed by atoms with Gasteiger partial charge in [-0.1, -0.05) is 42.5 Å². The number of fused-ring (bicyclic) bond motifs is 2. The SMILES string of the molecule is CCOc1cc(/C=C2\C(=O)NC(=O)N(c3ccc4c(c3)OCO4)C2=O)cc(Br)c1OCc1cccc2ccccc12. The van der Waals surface area contributed by atoms with Gasteiger partial charge in [0.15, 0.2) is 23.0 Å². The lowest BCUT2D eigenvalue weighted by Crippen LogP contribution is -2.54. The fourth-order valence-electron chi connectivity index (χ4n) is 4.73. The zero-order valence-electron chi connectivity index (χ0n) is 21.8. The van der Waals surface area contributed by atoms with Crippen molar-refractivity contribution in [2.45, 2.75) is 13.5 Å². The van der Waals surface area contributed by atoms with E-state index in [0.29, 0.717) is 46.2 Å². The molecule has 1 fully saturated rings. The minimum Gasteiger partial charge on any atom is -0.490 e. The molecule has 2 heterocycles. The number of hydrogen-bond acceptors (Lipinski definition) is 7. The monoisotopic (exact) mass is 614 g/mol. The summed E-state index contributed by atoms with van der Waals surface area (Å²) in [7, 11) is 0. The summed E-state index contributed by atoms with van der Waals surface area (Å²) < 4.78 is 23.3. The highest BCUT2D eigenvalue weighted by molar-refractivity contribution is 9.10. The molecule has 4 aromatic carbocycles. The molecule has 4 aromatic rings. The van der Waals surface area contributed by atoms with E-state index in [-0.39, 0.29) is 18.1 Å². The Morgan fingerprint density at radius 2 is 1.76 bits per heavy atom. The Bertz CT molecular complexity index is 1750. The molecule has 0 bridgehead atoms. The Morgan fingerprint density at radius 3 is 2.61 bits per heavy atom. The van der Waals surface area contributed by atoms with Crippen LogP contribution in [-0.2, 0) is 16.2 Å². The summed E-state index contributed by atoms with van der Waals surface area (Å²) in [4.78, 5) is 39.7. The third-order valence-corrected chi connectivity index (χ3v) is 7.20. The Balaban J connectivity index is 1.30. The molecule has 0 unspecified atom stereocenters. The lowest BCUT2D eigenvalue weighted by atomic mass is 10.1. The first-order valence-electron chi connectivity index (χ1n) is 12.8. The summed E-state index contributed by atoms with van der Waals surface area (Å²) in [6.07, 6.45) is 1.41. The second-order valence-electron chi connectivity index (χ2n) is 9.19. The fraction of sp³-hybridized carbons (Fsp3) is 0.129. The van der Waals surface area contributed by atoms with Crippen molar-refractivity contribution >= 4 is 56.3 Å². The van der Waals surface area contributed by atoms with Crippen LogP contribution < -0.4 is 29.2 Å². The predicted octanol–water partition coefficient (Wildman–Crippen LogP) is 5.98. The lowest BCUT2D eigenvalue weighted by Gasteiger charge is -2.26. The van der Waals surface area contributed by atoms with Crippen LogP contribution in [0.3, 0.4) is 0 Å². The molecular formula is C31H23BrN2O7. The number of rotatable bonds is 7. The van der Waals surface area contributed by atoms with Crippen molar-refractivity contribution in [1.82, 2.24) is 5.32 Å².